The highest BCUT2D eigenvalue weighted by atomic mass is 32.2. The maximum atomic E-state index is 12.3. The number of rotatable bonds is 5. The van der Waals surface area contributed by atoms with Crippen LogP contribution in [0.3, 0.4) is 0 Å². The van der Waals surface area contributed by atoms with Crippen LogP contribution < -0.4 is 5.32 Å². The molecule has 0 aromatic carbocycles. The van der Waals surface area contributed by atoms with E-state index in [4.69, 9.17) is 0 Å². The molecule has 0 aliphatic rings. The number of hydrogen-bond donors (Lipinski definition) is 1. The summed E-state index contributed by atoms with van der Waals surface area (Å²) in [6.07, 6.45) is 9.04. The van der Waals surface area contributed by atoms with Crippen molar-refractivity contribution in [1.82, 2.24) is 25.1 Å². The van der Waals surface area contributed by atoms with Crippen LogP contribution in [0.25, 0.3) is 11.3 Å². The Labute approximate surface area is 144 Å². The van der Waals surface area contributed by atoms with Gasteiger partial charge in [0.05, 0.1) is 17.5 Å². The quantitative estimate of drug-likeness (QED) is 0.723. The third-order valence-corrected chi connectivity index (χ3v) is 4.20. The van der Waals surface area contributed by atoms with Crippen LogP contribution in [0.2, 0.25) is 0 Å². The van der Waals surface area contributed by atoms with Gasteiger partial charge in [-0.25, -0.2) is 4.98 Å². The van der Waals surface area contributed by atoms with Gasteiger partial charge in [0.1, 0.15) is 5.03 Å². The van der Waals surface area contributed by atoms with Crippen molar-refractivity contribution >= 4 is 17.7 Å². The van der Waals surface area contributed by atoms with Crippen molar-refractivity contribution in [2.45, 2.75) is 11.6 Å². The molecule has 3 rings (SSSR count). The first kappa shape index (κ1) is 16.2. The van der Waals surface area contributed by atoms with Crippen molar-refractivity contribution in [2.24, 2.45) is 7.05 Å². The number of thioether (sulfide) groups is 1. The summed E-state index contributed by atoms with van der Waals surface area (Å²) in [6.45, 7) is 0.419. The first-order valence-corrected chi connectivity index (χ1v) is 8.61. The van der Waals surface area contributed by atoms with E-state index in [0.717, 1.165) is 21.8 Å². The monoisotopic (exact) mass is 339 g/mol. The summed E-state index contributed by atoms with van der Waals surface area (Å²) in [4.78, 5) is 20.9. The molecule has 0 saturated heterocycles. The number of hydrogen-bond acceptors (Lipinski definition) is 5. The summed E-state index contributed by atoms with van der Waals surface area (Å²) in [5, 5.41) is 7.76. The third-order valence-electron chi connectivity index (χ3n) is 3.49. The molecule has 1 N–H and O–H groups in total. The molecule has 0 unspecified atom stereocenters. The van der Waals surface area contributed by atoms with E-state index in [0.29, 0.717) is 12.1 Å². The first-order valence-electron chi connectivity index (χ1n) is 7.38. The lowest BCUT2D eigenvalue weighted by Gasteiger charge is -2.08. The van der Waals surface area contributed by atoms with E-state index >= 15 is 0 Å². The number of aromatic nitrogens is 4. The lowest BCUT2D eigenvalue weighted by Crippen LogP contribution is -2.23. The van der Waals surface area contributed by atoms with Crippen molar-refractivity contribution in [2.75, 3.05) is 6.26 Å². The van der Waals surface area contributed by atoms with Crippen molar-refractivity contribution < 1.29 is 4.79 Å². The Morgan fingerprint density at radius 1 is 1.25 bits per heavy atom. The van der Waals surface area contributed by atoms with Crippen LogP contribution in [0, 0.1) is 0 Å². The summed E-state index contributed by atoms with van der Waals surface area (Å²) < 4.78 is 1.74. The number of nitrogens with one attached hydrogen (secondary N) is 1. The Hall–Kier alpha value is -2.67. The van der Waals surface area contributed by atoms with Gasteiger partial charge in [-0.05, 0) is 30.0 Å². The number of aryl methyl sites for hydroxylation is 1. The fraction of sp³-hybridized carbons (Fsp3) is 0.176. The molecule has 3 aromatic rings. The second kappa shape index (κ2) is 7.27. The molecule has 1 amide bonds. The van der Waals surface area contributed by atoms with Gasteiger partial charge in [0.2, 0.25) is 0 Å². The molecule has 24 heavy (non-hydrogen) atoms. The summed E-state index contributed by atoms with van der Waals surface area (Å²) in [7, 11) is 1.87. The van der Waals surface area contributed by atoms with Gasteiger partial charge in [-0.1, -0.05) is 6.07 Å². The van der Waals surface area contributed by atoms with E-state index < -0.39 is 0 Å². The molecule has 3 aromatic heterocycles. The number of carbonyl (C=O) groups is 1. The highest BCUT2D eigenvalue weighted by molar-refractivity contribution is 7.98. The molecular weight excluding hydrogens is 322 g/mol. The maximum Gasteiger partial charge on any atom is 0.254 e. The van der Waals surface area contributed by atoms with Gasteiger partial charge in [0.15, 0.2) is 0 Å². The van der Waals surface area contributed by atoms with E-state index in [1.807, 2.05) is 31.6 Å². The molecule has 0 bridgehead atoms. The summed E-state index contributed by atoms with van der Waals surface area (Å²) >= 11 is 1.45. The Kier molecular flexibility index (Phi) is 4.90. The normalized spacial score (nSPS) is 10.6. The number of amides is 1. The van der Waals surface area contributed by atoms with Gasteiger partial charge in [-0.2, -0.15) is 5.10 Å². The molecule has 7 heteroatoms. The zero-order valence-corrected chi connectivity index (χ0v) is 14.2. The van der Waals surface area contributed by atoms with Crippen LogP contribution in [0.15, 0.2) is 54.1 Å². The Balaban J connectivity index is 1.65. The summed E-state index contributed by atoms with van der Waals surface area (Å²) in [5.74, 6) is -0.135. The molecule has 0 spiro atoms. The molecular formula is C17H17N5OS. The molecule has 6 nitrogen and oxygen atoms in total. The van der Waals surface area contributed by atoms with Crippen molar-refractivity contribution in [3.8, 4) is 11.3 Å². The predicted molar refractivity (Wildman–Crippen MR) is 93.6 cm³/mol. The fourth-order valence-electron chi connectivity index (χ4n) is 2.26. The van der Waals surface area contributed by atoms with E-state index in [1.165, 1.54) is 11.8 Å². The zero-order chi connectivity index (χ0) is 16.9. The molecule has 3 heterocycles. The summed E-state index contributed by atoms with van der Waals surface area (Å²) in [5.41, 5.74) is 3.35. The van der Waals surface area contributed by atoms with Crippen LogP contribution in [-0.2, 0) is 13.6 Å². The van der Waals surface area contributed by atoms with Crippen LogP contribution in [0.1, 0.15) is 15.9 Å². The molecule has 0 atom stereocenters. The average Bonchev–Trinajstić information content (AvgIpc) is 3.06. The molecule has 0 fully saturated rings. The predicted octanol–water partition coefficient (Wildman–Crippen LogP) is 2.53. The van der Waals surface area contributed by atoms with E-state index in [9.17, 15) is 4.79 Å². The minimum atomic E-state index is -0.135. The largest absolute Gasteiger partial charge is 0.348 e. The van der Waals surface area contributed by atoms with Gasteiger partial charge in [0.25, 0.3) is 5.91 Å². The maximum absolute atomic E-state index is 12.3. The smallest absolute Gasteiger partial charge is 0.254 e. The second-order valence-electron chi connectivity index (χ2n) is 5.20. The first-order chi connectivity index (χ1) is 11.7. The topological polar surface area (TPSA) is 72.7 Å². The van der Waals surface area contributed by atoms with E-state index in [-0.39, 0.29) is 5.91 Å². The lowest BCUT2D eigenvalue weighted by atomic mass is 10.2. The Morgan fingerprint density at radius 2 is 2.12 bits per heavy atom. The molecule has 122 valence electrons. The second-order valence-corrected chi connectivity index (χ2v) is 5.99. The minimum Gasteiger partial charge on any atom is -0.348 e. The van der Waals surface area contributed by atoms with Gasteiger partial charge in [-0.15, -0.1) is 11.8 Å². The number of nitrogens with zero attached hydrogens (tertiary/aromatic N) is 4. The van der Waals surface area contributed by atoms with Crippen molar-refractivity contribution in [3.05, 3.63) is 60.2 Å². The zero-order valence-electron chi connectivity index (χ0n) is 13.4. The van der Waals surface area contributed by atoms with Gasteiger partial charge in [-0.3, -0.25) is 14.5 Å². The highest BCUT2D eigenvalue weighted by Gasteiger charge is 2.11. The standard InChI is InChI=1S/C17H17N5OS/c1-22-11-13(10-21-22)15-6-5-12(8-19-15)9-20-16(23)14-4-3-7-18-17(14)24-2/h3-8,10-11H,9H2,1-2H3,(H,20,23). The lowest BCUT2D eigenvalue weighted by molar-refractivity contribution is 0.0947. The minimum absolute atomic E-state index is 0.135. The molecule has 0 aliphatic carbocycles. The van der Waals surface area contributed by atoms with Crippen LogP contribution in [-0.4, -0.2) is 31.9 Å². The van der Waals surface area contributed by atoms with Crippen molar-refractivity contribution in [3.63, 3.8) is 0 Å². The van der Waals surface area contributed by atoms with Crippen LogP contribution >= 0.6 is 11.8 Å². The number of pyridine rings is 2. The Bertz CT molecular complexity index is 844. The third kappa shape index (κ3) is 3.62. The summed E-state index contributed by atoms with van der Waals surface area (Å²) in [6, 6.07) is 7.42. The highest BCUT2D eigenvalue weighted by Crippen LogP contribution is 2.17. The molecule has 0 saturated carbocycles. The van der Waals surface area contributed by atoms with E-state index in [1.54, 1.807) is 35.4 Å². The van der Waals surface area contributed by atoms with Crippen LogP contribution in [0.5, 0.6) is 0 Å². The Morgan fingerprint density at radius 3 is 2.79 bits per heavy atom. The van der Waals surface area contributed by atoms with Gasteiger partial charge in [0, 0.05) is 37.7 Å². The van der Waals surface area contributed by atoms with Gasteiger partial charge >= 0.3 is 0 Å². The molecule has 0 aliphatic heterocycles. The van der Waals surface area contributed by atoms with E-state index in [2.05, 4.69) is 20.4 Å². The van der Waals surface area contributed by atoms with Gasteiger partial charge < -0.3 is 5.32 Å². The average molecular weight is 339 g/mol. The SMILES string of the molecule is CSc1ncccc1C(=O)NCc1ccc(-c2cnn(C)c2)nc1. The molecule has 0 radical (unpaired) electrons. The number of carbonyl (C=O) groups excluding carboxylic acids is 1. The van der Waals surface area contributed by atoms with Crippen LogP contribution in [0.4, 0.5) is 0 Å². The fourth-order valence-corrected chi connectivity index (χ4v) is 2.80. The van der Waals surface area contributed by atoms with Crippen molar-refractivity contribution in [1.29, 1.82) is 0 Å².